The van der Waals surface area contributed by atoms with E-state index >= 15 is 0 Å². The van der Waals surface area contributed by atoms with Crippen LogP contribution in [0.3, 0.4) is 0 Å². The van der Waals surface area contributed by atoms with E-state index in [1.807, 2.05) is 30.3 Å². The number of rotatable bonds is 6. The van der Waals surface area contributed by atoms with Crippen molar-refractivity contribution in [3.05, 3.63) is 107 Å². The van der Waals surface area contributed by atoms with E-state index in [4.69, 9.17) is 5.41 Å². The van der Waals surface area contributed by atoms with Crippen molar-refractivity contribution in [2.45, 2.75) is 0 Å². The Morgan fingerprint density at radius 2 is 1.90 bits per heavy atom. The highest BCUT2D eigenvalue weighted by atomic mass is 19.1. The Morgan fingerprint density at radius 1 is 1.06 bits per heavy atom. The fourth-order valence-electron chi connectivity index (χ4n) is 2.98. The van der Waals surface area contributed by atoms with Crippen LogP contribution in [-0.4, -0.2) is 26.2 Å². The molecule has 0 aliphatic carbocycles. The topological polar surface area (TPSA) is 96.6 Å². The first-order valence-electron chi connectivity index (χ1n) is 9.37. The van der Waals surface area contributed by atoms with Gasteiger partial charge in [-0.25, -0.2) is 9.07 Å². The molecule has 0 bridgehead atoms. The van der Waals surface area contributed by atoms with Gasteiger partial charge in [0.15, 0.2) is 5.69 Å². The largest absolute Gasteiger partial charge is 0.354 e. The minimum Gasteiger partial charge on any atom is -0.354 e. The van der Waals surface area contributed by atoms with E-state index in [0.29, 0.717) is 17.0 Å². The molecule has 0 spiro atoms. The monoisotopic (exact) mass is 412 g/mol. The third-order valence-corrected chi connectivity index (χ3v) is 4.43. The van der Waals surface area contributed by atoms with Crippen molar-refractivity contribution < 1.29 is 4.39 Å². The Morgan fingerprint density at radius 3 is 2.61 bits per heavy atom. The van der Waals surface area contributed by atoms with Crippen molar-refractivity contribution in [2.75, 3.05) is 5.32 Å². The minimum absolute atomic E-state index is 0.0623. The number of para-hydroxylation sites is 1. The van der Waals surface area contributed by atoms with Crippen molar-refractivity contribution in [1.82, 2.24) is 20.0 Å². The van der Waals surface area contributed by atoms with Gasteiger partial charge in [-0.05, 0) is 42.5 Å². The lowest BCUT2D eigenvalue weighted by molar-refractivity contribution is 0.608. The van der Waals surface area contributed by atoms with Gasteiger partial charge < -0.3 is 10.7 Å². The Kier molecular flexibility index (Phi) is 5.70. The van der Waals surface area contributed by atoms with Gasteiger partial charge in [0.2, 0.25) is 5.43 Å². The van der Waals surface area contributed by atoms with Crippen LogP contribution in [0.15, 0.2) is 90.0 Å². The van der Waals surface area contributed by atoms with Crippen LogP contribution in [0, 0.1) is 11.2 Å². The van der Waals surface area contributed by atoms with Crippen molar-refractivity contribution >= 4 is 17.6 Å². The summed E-state index contributed by atoms with van der Waals surface area (Å²) in [5, 5.41) is 22.6. The van der Waals surface area contributed by atoms with Crippen LogP contribution >= 0.6 is 0 Å². The zero-order valence-corrected chi connectivity index (χ0v) is 16.2. The number of halogens is 1. The van der Waals surface area contributed by atoms with Crippen molar-refractivity contribution in [3.63, 3.8) is 0 Å². The Labute approximate surface area is 177 Å². The van der Waals surface area contributed by atoms with Gasteiger partial charge in [-0.3, -0.25) is 4.79 Å². The van der Waals surface area contributed by atoms with Crippen molar-refractivity contribution in [3.8, 4) is 16.9 Å². The molecular formula is C23H17FN6O. The smallest absolute Gasteiger partial charge is 0.209 e. The van der Waals surface area contributed by atoms with Gasteiger partial charge in [0.05, 0.1) is 11.4 Å². The molecule has 152 valence electrons. The maximum atomic E-state index is 14.9. The summed E-state index contributed by atoms with van der Waals surface area (Å²) in [4.78, 5) is 12.5. The van der Waals surface area contributed by atoms with Crippen molar-refractivity contribution in [2.24, 2.45) is 0 Å². The predicted octanol–water partition coefficient (Wildman–Crippen LogP) is 3.93. The lowest BCUT2D eigenvalue weighted by Crippen LogP contribution is -2.19. The molecule has 0 aliphatic heterocycles. The highest BCUT2D eigenvalue weighted by Gasteiger charge is 2.13. The zero-order valence-electron chi connectivity index (χ0n) is 16.2. The lowest BCUT2D eigenvalue weighted by atomic mass is 10.1. The molecule has 0 saturated heterocycles. The second-order valence-electron chi connectivity index (χ2n) is 6.49. The Balaban J connectivity index is 1.73. The molecule has 0 aliphatic rings. The number of nitrogens with one attached hydrogen (secondary N) is 2. The van der Waals surface area contributed by atoms with Gasteiger partial charge in [0.1, 0.15) is 11.5 Å². The summed E-state index contributed by atoms with van der Waals surface area (Å²) >= 11 is 0. The van der Waals surface area contributed by atoms with Crippen LogP contribution in [0.1, 0.15) is 5.69 Å². The van der Waals surface area contributed by atoms with Gasteiger partial charge in [-0.2, -0.15) is 15.3 Å². The number of hydrogen-bond acceptors (Lipinski definition) is 6. The molecule has 7 nitrogen and oxygen atoms in total. The molecule has 0 unspecified atom stereocenters. The van der Waals surface area contributed by atoms with E-state index in [1.54, 1.807) is 30.5 Å². The summed E-state index contributed by atoms with van der Waals surface area (Å²) in [6.07, 6.45) is 5.42. The molecule has 0 radical (unpaired) electrons. The predicted molar refractivity (Wildman–Crippen MR) is 118 cm³/mol. The summed E-state index contributed by atoms with van der Waals surface area (Å²) in [6.45, 7) is 0. The highest BCUT2D eigenvalue weighted by molar-refractivity contribution is 5.86. The second kappa shape index (κ2) is 8.91. The molecule has 4 rings (SSSR count). The summed E-state index contributed by atoms with van der Waals surface area (Å²) in [5.41, 5.74) is 2.05. The van der Waals surface area contributed by atoms with E-state index in [9.17, 15) is 9.18 Å². The fourth-order valence-corrected chi connectivity index (χ4v) is 2.98. The number of nitrogens with zero attached hydrogens (tertiary/aromatic N) is 4. The molecule has 2 aromatic carbocycles. The molecule has 2 N–H and O–H groups in total. The Hall–Kier alpha value is -4.46. The van der Waals surface area contributed by atoms with Crippen LogP contribution in [0.25, 0.3) is 22.6 Å². The van der Waals surface area contributed by atoms with Gasteiger partial charge in [0.25, 0.3) is 0 Å². The number of anilines is 1. The normalized spacial score (nSPS) is 11.2. The first kappa shape index (κ1) is 19.8. The first-order chi connectivity index (χ1) is 15.2. The van der Waals surface area contributed by atoms with Crippen LogP contribution in [0.2, 0.25) is 0 Å². The van der Waals surface area contributed by atoms with E-state index < -0.39 is 5.82 Å². The van der Waals surface area contributed by atoms with Gasteiger partial charge >= 0.3 is 0 Å². The third-order valence-electron chi connectivity index (χ3n) is 4.43. The summed E-state index contributed by atoms with van der Waals surface area (Å²) in [7, 11) is 0. The molecule has 4 aromatic rings. The van der Waals surface area contributed by atoms with Crippen LogP contribution in [-0.2, 0) is 0 Å². The fraction of sp³-hybridized carbons (Fsp3) is 0. The summed E-state index contributed by atoms with van der Waals surface area (Å²) in [6, 6.07) is 18.6. The molecule has 0 fully saturated rings. The van der Waals surface area contributed by atoms with Gasteiger partial charge in [-0.1, -0.05) is 24.3 Å². The van der Waals surface area contributed by atoms with E-state index in [-0.39, 0.29) is 16.8 Å². The summed E-state index contributed by atoms with van der Waals surface area (Å²) < 4.78 is 16.2. The van der Waals surface area contributed by atoms with Gasteiger partial charge in [0, 0.05) is 35.9 Å². The molecule has 0 amide bonds. The molecule has 2 aromatic heterocycles. The zero-order chi connectivity index (χ0) is 21.6. The van der Waals surface area contributed by atoms with Crippen molar-refractivity contribution in [1.29, 1.82) is 5.41 Å². The molecule has 8 heteroatoms. The van der Waals surface area contributed by atoms with E-state index in [2.05, 4.69) is 20.6 Å². The van der Waals surface area contributed by atoms with E-state index in [1.165, 1.54) is 29.1 Å². The van der Waals surface area contributed by atoms with Crippen LogP contribution < -0.4 is 10.7 Å². The molecular weight excluding hydrogens is 395 g/mol. The second-order valence-corrected chi connectivity index (χ2v) is 6.49. The maximum absolute atomic E-state index is 14.9. The maximum Gasteiger partial charge on any atom is 0.209 e. The number of hydrogen-bond donors (Lipinski definition) is 2. The SMILES string of the molecule is N=C/C=C(\Nc1ccccc1)c1nn(-c2ccc(-c3cccnn3)cc2F)ccc1=O. The minimum atomic E-state index is -0.529. The molecule has 31 heavy (non-hydrogen) atoms. The number of allylic oxidation sites excluding steroid dienone is 1. The Bertz CT molecular complexity index is 1300. The average Bonchev–Trinajstić information content (AvgIpc) is 2.80. The molecule has 2 heterocycles. The first-order valence-corrected chi connectivity index (χ1v) is 9.37. The number of aromatic nitrogens is 4. The van der Waals surface area contributed by atoms with E-state index in [0.717, 1.165) is 11.9 Å². The summed E-state index contributed by atoms with van der Waals surface area (Å²) in [5.74, 6) is -0.529. The number of benzene rings is 2. The molecule has 0 atom stereocenters. The lowest BCUT2D eigenvalue weighted by Gasteiger charge is -2.13. The quantitative estimate of drug-likeness (QED) is 0.468. The molecule has 0 saturated carbocycles. The highest BCUT2D eigenvalue weighted by Crippen LogP contribution is 2.22. The average molecular weight is 412 g/mol. The van der Waals surface area contributed by atoms with Crippen LogP contribution in [0.5, 0.6) is 0 Å². The third kappa shape index (κ3) is 4.43. The standard InChI is InChI=1S/C23H17FN6O/c24-18-15-16(19-7-4-13-26-28-19)8-9-21(18)30-14-11-22(31)23(29-30)20(10-12-25)27-17-5-2-1-3-6-17/h1-15,25,27H/b20-10-,25-12?. The van der Waals surface area contributed by atoms with Gasteiger partial charge in [-0.15, -0.1) is 0 Å². The van der Waals surface area contributed by atoms with Crippen LogP contribution in [0.4, 0.5) is 10.1 Å².